The van der Waals surface area contributed by atoms with Gasteiger partial charge in [-0.05, 0) is 23.6 Å². The summed E-state index contributed by atoms with van der Waals surface area (Å²) in [6.45, 7) is 0. The Morgan fingerprint density at radius 1 is 0.900 bits per heavy atom. The van der Waals surface area contributed by atoms with Crippen LogP contribution >= 0.6 is 15.9 Å². The normalized spacial score (nSPS) is 20.9. The van der Waals surface area contributed by atoms with E-state index >= 15 is 0 Å². The zero-order valence-corrected chi connectivity index (χ0v) is 12.6. The van der Waals surface area contributed by atoms with Crippen LogP contribution < -0.4 is 0 Å². The molecule has 0 spiro atoms. The fourth-order valence-corrected chi connectivity index (χ4v) is 3.51. The molecule has 1 aliphatic rings. The molecule has 3 rings (SSSR count). The van der Waals surface area contributed by atoms with E-state index in [2.05, 4.69) is 46.3 Å². The molecule has 2 aromatic carbocycles. The molecule has 0 bridgehead atoms. The van der Waals surface area contributed by atoms with Gasteiger partial charge in [-0.15, -0.1) is 0 Å². The summed E-state index contributed by atoms with van der Waals surface area (Å²) in [5, 5.41) is 0. The van der Waals surface area contributed by atoms with Crippen LogP contribution in [0.15, 0.2) is 72.8 Å². The zero-order valence-electron chi connectivity index (χ0n) is 11.0. The molecule has 0 heterocycles. The van der Waals surface area contributed by atoms with Gasteiger partial charge in [0.2, 0.25) is 0 Å². The second kappa shape index (κ2) is 5.37. The molecule has 0 aromatic heterocycles. The third-order valence-corrected chi connectivity index (χ3v) is 4.69. The summed E-state index contributed by atoms with van der Waals surface area (Å²) in [6.07, 6.45) is 4.51. The lowest BCUT2D eigenvalue weighted by Crippen LogP contribution is -2.35. The summed E-state index contributed by atoms with van der Waals surface area (Å²) in [4.78, 5) is 11.7. The fraction of sp³-hybridized carbons (Fsp3) is 0.167. The average Bonchev–Trinajstić information content (AvgIpc) is 2.52. The van der Waals surface area contributed by atoms with Gasteiger partial charge < -0.3 is 0 Å². The molecule has 1 unspecified atom stereocenters. The van der Waals surface area contributed by atoms with Gasteiger partial charge in [-0.2, -0.15) is 0 Å². The average molecular weight is 327 g/mol. The van der Waals surface area contributed by atoms with E-state index < -0.39 is 0 Å². The molecule has 0 aliphatic heterocycles. The first-order valence-corrected chi connectivity index (χ1v) is 7.62. The van der Waals surface area contributed by atoms with Crippen molar-refractivity contribution in [1.82, 2.24) is 0 Å². The van der Waals surface area contributed by atoms with Gasteiger partial charge in [0, 0.05) is 5.41 Å². The monoisotopic (exact) mass is 326 g/mol. The molecule has 2 aromatic rings. The van der Waals surface area contributed by atoms with E-state index in [9.17, 15) is 4.79 Å². The number of benzene rings is 2. The lowest BCUT2D eigenvalue weighted by atomic mass is 9.68. The molecule has 100 valence electrons. The van der Waals surface area contributed by atoms with Crippen molar-refractivity contribution in [3.8, 4) is 0 Å². The topological polar surface area (TPSA) is 17.1 Å². The van der Waals surface area contributed by atoms with E-state index in [4.69, 9.17) is 0 Å². The Labute approximate surface area is 127 Å². The van der Waals surface area contributed by atoms with E-state index in [1.165, 1.54) is 11.1 Å². The summed E-state index contributed by atoms with van der Waals surface area (Å²) >= 11 is 3.52. The van der Waals surface area contributed by atoms with E-state index in [1.54, 1.807) is 6.08 Å². The number of ketones is 1. The van der Waals surface area contributed by atoms with Crippen molar-refractivity contribution in [3.05, 3.63) is 83.9 Å². The summed E-state index contributed by atoms with van der Waals surface area (Å²) in [5.74, 6) is 0.146. The minimum absolute atomic E-state index is 0.132. The van der Waals surface area contributed by atoms with Crippen molar-refractivity contribution < 1.29 is 4.79 Å². The molecule has 2 heteroatoms. The number of alkyl halides is 1. The van der Waals surface area contributed by atoms with E-state index in [-0.39, 0.29) is 16.0 Å². The number of hydrogen-bond donors (Lipinski definition) is 0. The van der Waals surface area contributed by atoms with Gasteiger partial charge in [-0.25, -0.2) is 0 Å². The molecule has 0 saturated heterocycles. The first-order valence-electron chi connectivity index (χ1n) is 6.70. The Morgan fingerprint density at radius 3 is 1.85 bits per heavy atom. The van der Waals surface area contributed by atoms with Crippen LogP contribution in [-0.2, 0) is 10.2 Å². The van der Waals surface area contributed by atoms with Crippen molar-refractivity contribution in [2.45, 2.75) is 16.7 Å². The summed E-state index contributed by atoms with van der Waals surface area (Å²) in [5.41, 5.74) is 2.21. The highest BCUT2D eigenvalue weighted by Gasteiger charge is 2.38. The van der Waals surface area contributed by atoms with Crippen molar-refractivity contribution in [2.24, 2.45) is 0 Å². The number of carbonyl (C=O) groups excluding carboxylic acids is 1. The van der Waals surface area contributed by atoms with Crippen LogP contribution in [0.5, 0.6) is 0 Å². The number of rotatable bonds is 2. The summed E-state index contributed by atoms with van der Waals surface area (Å²) in [7, 11) is 0. The lowest BCUT2D eigenvalue weighted by molar-refractivity contribution is -0.114. The van der Waals surface area contributed by atoms with Crippen LogP contribution in [0.2, 0.25) is 0 Å². The smallest absolute Gasteiger partial charge is 0.169 e. The third kappa shape index (κ3) is 2.25. The highest BCUT2D eigenvalue weighted by molar-refractivity contribution is 9.10. The fourth-order valence-electron chi connectivity index (χ4n) is 2.85. The second-order valence-corrected chi connectivity index (χ2v) is 6.22. The maximum absolute atomic E-state index is 11.8. The molecule has 1 aliphatic carbocycles. The zero-order chi connectivity index (χ0) is 14.0. The van der Waals surface area contributed by atoms with Crippen LogP contribution in [0.3, 0.4) is 0 Å². The van der Waals surface area contributed by atoms with Crippen LogP contribution in [0, 0.1) is 0 Å². The molecule has 20 heavy (non-hydrogen) atoms. The Kier molecular flexibility index (Phi) is 3.58. The maximum Gasteiger partial charge on any atom is 0.169 e. The Morgan fingerprint density at radius 2 is 1.40 bits per heavy atom. The van der Waals surface area contributed by atoms with Gasteiger partial charge >= 0.3 is 0 Å². The number of carbonyl (C=O) groups is 1. The first kappa shape index (κ1) is 13.3. The Balaban J connectivity index is 2.19. The number of hydrogen-bond acceptors (Lipinski definition) is 1. The summed E-state index contributed by atoms with van der Waals surface area (Å²) in [6, 6.07) is 20.8. The van der Waals surface area contributed by atoms with E-state index in [0.717, 1.165) is 6.42 Å². The van der Waals surface area contributed by atoms with Crippen LogP contribution in [0.1, 0.15) is 17.5 Å². The minimum Gasteiger partial charge on any atom is -0.294 e. The predicted octanol–water partition coefficient (Wildman–Crippen LogP) is 4.27. The third-order valence-electron chi connectivity index (χ3n) is 3.92. The first-order chi connectivity index (χ1) is 9.72. The Hall–Kier alpha value is -1.67. The van der Waals surface area contributed by atoms with Crippen LogP contribution in [0.4, 0.5) is 0 Å². The van der Waals surface area contributed by atoms with Gasteiger partial charge in [-0.3, -0.25) is 4.79 Å². The van der Waals surface area contributed by atoms with Crippen molar-refractivity contribution in [3.63, 3.8) is 0 Å². The molecule has 0 N–H and O–H groups in total. The summed E-state index contributed by atoms with van der Waals surface area (Å²) < 4.78 is 0. The van der Waals surface area contributed by atoms with E-state index in [1.807, 2.05) is 36.4 Å². The van der Waals surface area contributed by atoms with Crippen molar-refractivity contribution >= 4 is 21.7 Å². The number of allylic oxidation sites excluding steroid dienone is 2. The second-order valence-electron chi connectivity index (χ2n) is 5.11. The van der Waals surface area contributed by atoms with Gasteiger partial charge in [0.1, 0.15) is 0 Å². The van der Waals surface area contributed by atoms with Gasteiger partial charge in [0.15, 0.2) is 5.78 Å². The molecular weight excluding hydrogens is 312 g/mol. The standard InChI is InChI=1S/C18H15BrO/c19-16-13-18(12-11-17(16)20,14-7-3-1-4-8-14)15-9-5-2-6-10-15/h1-12,16H,13H2. The quantitative estimate of drug-likeness (QED) is 0.753. The molecule has 0 fully saturated rings. The maximum atomic E-state index is 11.8. The number of halogens is 1. The molecular formula is C18H15BrO. The molecule has 0 radical (unpaired) electrons. The minimum atomic E-state index is -0.232. The molecule has 1 atom stereocenters. The molecule has 0 saturated carbocycles. The molecule has 0 amide bonds. The molecule has 1 nitrogen and oxygen atoms in total. The Bertz CT molecular complexity index is 591. The van der Waals surface area contributed by atoms with Gasteiger partial charge in [0.05, 0.1) is 4.83 Å². The van der Waals surface area contributed by atoms with Gasteiger partial charge in [-0.1, -0.05) is 82.7 Å². The largest absolute Gasteiger partial charge is 0.294 e. The van der Waals surface area contributed by atoms with Gasteiger partial charge in [0.25, 0.3) is 0 Å². The lowest BCUT2D eigenvalue weighted by Gasteiger charge is -2.36. The van der Waals surface area contributed by atoms with Crippen molar-refractivity contribution in [2.75, 3.05) is 0 Å². The van der Waals surface area contributed by atoms with Crippen LogP contribution in [0.25, 0.3) is 0 Å². The highest BCUT2D eigenvalue weighted by atomic mass is 79.9. The van der Waals surface area contributed by atoms with Crippen LogP contribution in [-0.4, -0.2) is 10.6 Å². The highest BCUT2D eigenvalue weighted by Crippen LogP contribution is 2.42. The predicted molar refractivity (Wildman–Crippen MR) is 85.1 cm³/mol. The SMILES string of the molecule is O=C1C=CC(c2ccccc2)(c2ccccc2)CC1Br. The van der Waals surface area contributed by atoms with Crippen molar-refractivity contribution in [1.29, 1.82) is 0 Å². The van der Waals surface area contributed by atoms with E-state index in [0.29, 0.717) is 0 Å².